The summed E-state index contributed by atoms with van der Waals surface area (Å²) in [5.41, 5.74) is 0.183. The van der Waals surface area contributed by atoms with Crippen molar-refractivity contribution in [1.29, 1.82) is 0 Å². The van der Waals surface area contributed by atoms with E-state index in [1.807, 2.05) is 0 Å². The molecule has 1 aromatic carbocycles. The van der Waals surface area contributed by atoms with Crippen molar-refractivity contribution in [3.63, 3.8) is 0 Å². The lowest BCUT2D eigenvalue weighted by atomic mass is 10.2. The van der Waals surface area contributed by atoms with Gasteiger partial charge in [-0.15, -0.1) is 0 Å². The van der Waals surface area contributed by atoms with Gasteiger partial charge in [-0.05, 0) is 6.07 Å². The highest BCUT2D eigenvalue weighted by molar-refractivity contribution is 8.00. The fourth-order valence-corrected chi connectivity index (χ4v) is 2.32. The topological polar surface area (TPSA) is 52.1 Å². The molecule has 106 valence electrons. The van der Waals surface area contributed by atoms with Crippen LogP contribution in [0.4, 0.5) is 13.2 Å². The number of ether oxygens (including phenoxy) is 1. The van der Waals surface area contributed by atoms with Crippen LogP contribution in [0.15, 0.2) is 29.3 Å². The number of carbonyl (C=O) groups is 1. The zero-order valence-electron chi connectivity index (χ0n) is 10.3. The number of para-hydroxylation sites is 1. The maximum atomic E-state index is 12.7. The third kappa shape index (κ3) is 3.19. The van der Waals surface area contributed by atoms with E-state index in [1.165, 1.54) is 13.2 Å². The molecule has 0 spiro atoms. The number of fused-ring (bicyclic) bond motifs is 1. The lowest BCUT2D eigenvalue weighted by molar-refractivity contribution is -0.145. The number of thioether (sulfide) groups is 1. The number of benzene rings is 1. The highest BCUT2D eigenvalue weighted by Crippen LogP contribution is 2.31. The van der Waals surface area contributed by atoms with Gasteiger partial charge in [0.2, 0.25) is 5.82 Å². The summed E-state index contributed by atoms with van der Waals surface area (Å²) in [5, 5.41) is 0.572. The SMILES string of the molecule is COC(=O)CSc1nc(C(F)(F)F)nc2ccccc12. The Balaban J connectivity index is 2.47. The molecule has 0 unspecified atom stereocenters. The zero-order chi connectivity index (χ0) is 14.8. The second kappa shape index (κ2) is 5.66. The van der Waals surface area contributed by atoms with Crippen molar-refractivity contribution in [2.75, 3.05) is 12.9 Å². The first-order chi connectivity index (χ1) is 9.41. The number of methoxy groups -OCH3 is 1. The zero-order valence-corrected chi connectivity index (χ0v) is 11.1. The van der Waals surface area contributed by atoms with E-state index in [1.54, 1.807) is 18.2 Å². The second-order valence-electron chi connectivity index (χ2n) is 3.73. The van der Waals surface area contributed by atoms with Gasteiger partial charge < -0.3 is 4.74 Å². The number of esters is 1. The van der Waals surface area contributed by atoms with Crippen molar-refractivity contribution in [2.24, 2.45) is 0 Å². The third-order valence-electron chi connectivity index (χ3n) is 2.38. The van der Waals surface area contributed by atoms with Gasteiger partial charge in [0.05, 0.1) is 18.4 Å². The highest BCUT2D eigenvalue weighted by atomic mass is 32.2. The average molecular weight is 302 g/mol. The fourth-order valence-electron chi connectivity index (χ4n) is 1.47. The summed E-state index contributed by atoms with van der Waals surface area (Å²) < 4.78 is 42.7. The number of hydrogen-bond acceptors (Lipinski definition) is 5. The second-order valence-corrected chi connectivity index (χ2v) is 4.70. The van der Waals surface area contributed by atoms with Gasteiger partial charge in [-0.2, -0.15) is 13.2 Å². The van der Waals surface area contributed by atoms with Crippen LogP contribution in [0.5, 0.6) is 0 Å². The monoisotopic (exact) mass is 302 g/mol. The van der Waals surface area contributed by atoms with Gasteiger partial charge in [-0.1, -0.05) is 30.0 Å². The van der Waals surface area contributed by atoms with E-state index in [-0.39, 0.29) is 16.3 Å². The van der Waals surface area contributed by atoms with Gasteiger partial charge in [-0.25, -0.2) is 9.97 Å². The highest BCUT2D eigenvalue weighted by Gasteiger charge is 2.35. The Morgan fingerprint density at radius 1 is 1.30 bits per heavy atom. The first kappa shape index (κ1) is 14.6. The number of rotatable bonds is 3. The Labute approximate surface area is 116 Å². The van der Waals surface area contributed by atoms with Crippen LogP contribution in [-0.4, -0.2) is 28.8 Å². The molecule has 0 aliphatic heterocycles. The van der Waals surface area contributed by atoms with E-state index in [4.69, 9.17) is 0 Å². The Kier molecular flexibility index (Phi) is 4.12. The fraction of sp³-hybridized carbons (Fsp3) is 0.250. The van der Waals surface area contributed by atoms with E-state index in [2.05, 4.69) is 14.7 Å². The molecular weight excluding hydrogens is 293 g/mol. The molecule has 4 nitrogen and oxygen atoms in total. The molecular formula is C12H9F3N2O2S. The molecule has 0 amide bonds. The normalized spacial score (nSPS) is 11.6. The third-order valence-corrected chi connectivity index (χ3v) is 3.34. The number of halogens is 3. The largest absolute Gasteiger partial charge is 0.468 e. The van der Waals surface area contributed by atoms with Gasteiger partial charge >= 0.3 is 12.1 Å². The first-order valence-electron chi connectivity index (χ1n) is 5.45. The number of hydrogen-bond donors (Lipinski definition) is 0. The summed E-state index contributed by atoms with van der Waals surface area (Å²) in [5.74, 6) is -1.87. The van der Waals surface area contributed by atoms with Crippen LogP contribution in [0, 0.1) is 0 Å². The van der Waals surface area contributed by atoms with Crippen molar-refractivity contribution < 1.29 is 22.7 Å². The van der Waals surface area contributed by atoms with Crippen LogP contribution in [-0.2, 0) is 15.7 Å². The standard InChI is InChI=1S/C12H9F3N2O2S/c1-19-9(18)6-20-10-7-4-2-3-5-8(7)16-11(17-10)12(13,14)15/h2-5H,6H2,1H3. The number of alkyl halides is 3. The lowest BCUT2D eigenvalue weighted by Crippen LogP contribution is -2.12. The minimum Gasteiger partial charge on any atom is -0.468 e. The number of nitrogens with zero attached hydrogens (tertiary/aromatic N) is 2. The molecule has 8 heteroatoms. The molecule has 0 aliphatic rings. The molecule has 0 saturated carbocycles. The van der Waals surface area contributed by atoms with Crippen LogP contribution in [0.25, 0.3) is 10.9 Å². The van der Waals surface area contributed by atoms with Crippen molar-refractivity contribution in [3.05, 3.63) is 30.1 Å². The van der Waals surface area contributed by atoms with E-state index in [0.29, 0.717) is 5.39 Å². The quantitative estimate of drug-likeness (QED) is 0.496. The van der Waals surface area contributed by atoms with E-state index in [0.717, 1.165) is 11.8 Å². The molecule has 0 radical (unpaired) electrons. The minimum atomic E-state index is -4.63. The lowest BCUT2D eigenvalue weighted by Gasteiger charge is -2.09. The van der Waals surface area contributed by atoms with Gasteiger partial charge in [0.1, 0.15) is 5.03 Å². The van der Waals surface area contributed by atoms with Crippen molar-refractivity contribution in [3.8, 4) is 0 Å². The molecule has 1 aromatic heterocycles. The Bertz CT molecular complexity index is 646. The van der Waals surface area contributed by atoms with Gasteiger partial charge in [0.25, 0.3) is 0 Å². The van der Waals surface area contributed by atoms with Gasteiger partial charge in [0, 0.05) is 5.39 Å². The Morgan fingerprint density at radius 2 is 2.00 bits per heavy atom. The van der Waals surface area contributed by atoms with Crippen molar-refractivity contribution in [1.82, 2.24) is 9.97 Å². The van der Waals surface area contributed by atoms with Crippen LogP contribution in [0.3, 0.4) is 0 Å². The molecule has 0 N–H and O–H groups in total. The van der Waals surface area contributed by atoms with E-state index < -0.39 is 18.0 Å². The van der Waals surface area contributed by atoms with Crippen LogP contribution < -0.4 is 0 Å². The maximum absolute atomic E-state index is 12.7. The molecule has 0 bridgehead atoms. The van der Waals surface area contributed by atoms with Crippen molar-refractivity contribution >= 4 is 28.6 Å². The molecule has 1 heterocycles. The summed E-state index contributed by atoms with van der Waals surface area (Å²) in [4.78, 5) is 18.1. The molecule has 0 saturated heterocycles. The Morgan fingerprint density at radius 3 is 2.65 bits per heavy atom. The van der Waals surface area contributed by atoms with E-state index >= 15 is 0 Å². The average Bonchev–Trinajstić information content (AvgIpc) is 2.43. The first-order valence-corrected chi connectivity index (χ1v) is 6.44. The maximum Gasteiger partial charge on any atom is 0.451 e. The molecule has 2 aromatic rings. The summed E-state index contributed by atoms with van der Waals surface area (Å²) in [6.45, 7) is 0. The number of aromatic nitrogens is 2. The van der Waals surface area contributed by atoms with Crippen LogP contribution in [0.1, 0.15) is 5.82 Å². The predicted molar refractivity (Wildman–Crippen MR) is 67.3 cm³/mol. The summed E-state index contributed by atoms with van der Waals surface area (Å²) in [6.07, 6.45) is -4.63. The van der Waals surface area contributed by atoms with Crippen molar-refractivity contribution in [2.45, 2.75) is 11.2 Å². The predicted octanol–water partition coefficient (Wildman–Crippen LogP) is 2.91. The van der Waals surface area contributed by atoms with Gasteiger partial charge in [0.15, 0.2) is 0 Å². The minimum absolute atomic E-state index is 0.105. The molecule has 0 aliphatic carbocycles. The molecule has 20 heavy (non-hydrogen) atoms. The number of carbonyl (C=O) groups excluding carboxylic acids is 1. The summed E-state index contributed by atoms with van der Waals surface area (Å²) in [6, 6.07) is 6.33. The van der Waals surface area contributed by atoms with Gasteiger partial charge in [-0.3, -0.25) is 4.79 Å². The summed E-state index contributed by atoms with van der Waals surface area (Å²) >= 11 is 0.887. The molecule has 2 rings (SSSR count). The Hall–Kier alpha value is -1.83. The summed E-state index contributed by atoms with van der Waals surface area (Å²) in [7, 11) is 1.21. The van der Waals surface area contributed by atoms with Crippen LogP contribution >= 0.6 is 11.8 Å². The smallest absolute Gasteiger partial charge is 0.451 e. The van der Waals surface area contributed by atoms with E-state index in [9.17, 15) is 18.0 Å². The van der Waals surface area contributed by atoms with Crippen LogP contribution in [0.2, 0.25) is 0 Å². The molecule has 0 fully saturated rings. The molecule has 0 atom stereocenters.